The van der Waals surface area contributed by atoms with Gasteiger partial charge in [0.25, 0.3) is 0 Å². The minimum absolute atomic E-state index is 0.0179. The number of ether oxygens (including phenoxy) is 1. The highest BCUT2D eigenvalue weighted by Gasteiger charge is 2.54. The average Bonchev–Trinajstić information content (AvgIpc) is 2.97. The third kappa shape index (κ3) is 3.00. The van der Waals surface area contributed by atoms with Crippen molar-refractivity contribution in [3.8, 4) is 0 Å². The van der Waals surface area contributed by atoms with E-state index in [4.69, 9.17) is 10.5 Å². The lowest BCUT2D eigenvalue weighted by atomic mass is 9.88. The fourth-order valence-corrected chi connectivity index (χ4v) is 3.97. The Hall–Kier alpha value is -1.30. The number of carbonyl (C=O) groups is 1. The fraction of sp³-hybridized carbons (Fsp3) is 0.733. The van der Waals surface area contributed by atoms with Crippen molar-refractivity contribution < 1.29 is 9.53 Å². The molecule has 0 aromatic carbocycles. The van der Waals surface area contributed by atoms with Gasteiger partial charge in [0.1, 0.15) is 5.60 Å². The van der Waals surface area contributed by atoms with E-state index in [1.807, 2.05) is 31.9 Å². The number of nitrogens with zero attached hydrogens (tertiary/aromatic N) is 2. The van der Waals surface area contributed by atoms with E-state index < -0.39 is 5.60 Å². The van der Waals surface area contributed by atoms with Crippen molar-refractivity contribution in [3.63, 3.8) is 0 Å². The van der Waals surface area contributed by atoms with Gasteiger partial charge in [-0.05, 0) is 52.4 Å². The van der Waals surface area contributed by atoms with Crippen LogP contribution in [0.5, 0.6) is 0 Å². The van der Waals surface area contributed by atoms with Crippen LogP contribution in [-0.4, -0.2) is 33.7 Å². The third-order valence-corrected chi connectivity index (χ3v) is 5.27. The normalized spacial score (nSPS) is 24.1. The van der Waals surface area contributed by atoms with Crippen LogP contribution in [0.2, 0.25) is 0 Å². The van der Waals surface area contributed by atoms with Gasteiger partial charge in [0.15, 0.2) is 5.13 Å². The molecule has 1 aromatic rings. The van der Waals surface area contributed by atoms with Crippen molar-refractivity contribution in [2.24, 2.45) is 0 Å². The van der Waals surface area contributed by atoms with E-state index in [0.29, 0.717) is 11.0 Å². The Morgan fingerprint density at radius 2 is 2.24 bits per heavy atom. The van der Waals surface area contributed by atoms with Crippen molar-refractivity contribution >= 4 is 22.6 Å². The molecule has 1 saturated carbocycles. The molecule has 3 rings (SSSR count). The lowest BCUT2D eigenvalue weighted by Crippen LogP contribution is -2.49. The Balaban J connectivity index is 1.70. The van der Waals surface area contributed by atoms with Crippen molar-refractivity contribution in [3.05, 3.63) is 11.1 Å². The molecule has 116 valence electrons. The van der Waals surface area contributed by atoms with Gasteiger partial charge >= 0.3 is 6.09 Å². The highest BCUT2D eigenvalue weighted by atomic mass is 32.1. The zero-order valence-electron chi connectivity index (χ0n) is 12.9. The lowest BCUT2D eigenvalue weighted by Gasteiger charge is -2.40. The molecular formula is C15H23N3O2S. The van der Waals surface area contributed by atoms with Crippen LogP contribution in [0.15, 0.2) is 6.20 Å². The third-order valence-electron chi connectivity index (χ3n) is 4.28. The first-order valence-electron chi connectivity index (χ1n) is 7.51. The molecule has 1 aliphatic heterocycles. The number of nitrogen functional groups attached to an aromatic ring is 1. The highest BCUT2D eigenvalue weighted by Crippen LogP contribution is 2.53. The van der Waals surface area contributed by atoms with Crippen LogP contribution in [0.4, 0.5) is 9.93 Å². The van der Waals surface area contributed by atoms with E-state index in [9.17, 15) is 4.79 Å². The van der Waals surface area contributed by atoms with E-state index >= 15 is 0 Å². The summed E-state index contributed by atoms with van der Waals surface area (Å²) in [5.74, 6) is 0.473. The predicted octanol–water partition coefficient (Wildman–Crippen LogP) is 3.37. The van der Waals surface area contributed by atoms with E-state index in [-0.39, 0.29) is 11.6 Å². The molecule has 1 saturated heterocycles. The number of nitrogens with two attached hydrogens (primary N) is 1. The summed E-state index contributed by atoms with van der Waals surface area (Å²) in [6, 6.07) is 0. The molecule has 1 unspecified atom stereocenters. The maximum atomic E-state index is 12.4. The first-order chi connectivity index (χ1) is 9.79. The van der Waals surface area contributed by atoms with Crippen LogP contribution in [-0.2, 0) is 4.74 Å². The van der Waals surface area contributed by atoms with Gasteiger partial charge in [0, 0.05) is 23.2 Å². The monoisotopic (exact) mass is 309 g/mol. The topological polar surface area (TPSA) is 68.5 Å². The van der Waals surface area contributed by atoms with Gasteiger partial charge in [-0.2, -0.15) is 0 Å². The predicted molar refractivity (Wildman–Crippen MR) is 83.4 cm³/mol. The molecular weight excluding hydrogens is 286 g/mol. The van der Waals surface area contributed by atoms with Crippen LogP contribution in [0, 0.1) is 0 Å². The summed E-state index contributed by atoms with van der Waals surface area (Å²) in [5, 5.41) is 0.629. The van der Waals surface area contributed by atoms with Gasteiger partial charge in [-0.15, -0.1) is 11.3 Å². The molecule has 2 aliphatic rings. The van der Waals surface area contributed by atoms with E-state index in [1.54, 1.807) is 11.3 Å². The zero-order valence-corrected chi connectivity index (χ0v) is 13.7. The van der Waals surface area contributed by atoms with Crippen molar-refractivity contribution in [1.29, 1.82) is 0 Å². The van der Waals surface area contributed by atoms with Gasteiger partial charge in [-0.1, -0.05) is 0 Å². The summed E-state index contributed by atoms with van der Waals surface area (Å²) in [5.41, 5.74) is 5.32. The molecule has 1 aromatic heterocycles. The SMILES string of the molecule is CC(C)(C)OC(=O)N1CCC(c2cnc(N)s2)CC12CC2. The quantitative estimate of drug-likeness (QED) is 0.863. The largest absolute Gasteiger partial charge is 0.444 e. The molecule has 2 N–H and O–H groups in total. The van der Waals surface area contributed by atoms with Crippen molar-refractivity contribution in [1.82, 2.24) is 9.88 Å². The minimum Gasteiger partial charge on any atom is -0.444 e. The number of likely N-dealkylation sites (tertiary alicyclic amines) is 1. The molecule has 1 atom stereocenters. The minimum atomic E-state index is -0.434. The Kier molecular flexibility index (Phi) is 3.39. The number of amides is 1. The Morgan fingerprint density at radius 1 is 1.52 bits per heavy atom. The maximum Gasteiger partial charge on any atom is 0.410 e. The van der Waals surface area contributed by atoms with Gasteiger partial charge in [-0.25, -0.2) is 9.78 Å². The summed E-state index contributed by atoms with van der Waals surface area (Å²) in [6.07, 6.45) is 5.86. The number of aromatic nitrogens is 1. The number of hydrogen-bond donors (Lipinski definition) is 1. The molecule has 1 aliphatic carbocycles. The van der Waals surface area contributed by atoms with Crippen LogP contribution >= 0.6 is 11.3 Å². The molecule has 21 heavy (non-hydrogen) atoms. The Labute approximate surface area is 129 Å². The second-order valence-electron chi connectivity index (χ2n) is 7.15. The number of thiazole rings is 1. The summed E-state index contributed by atoms with van der Waals surface area (Å²) in [6.45, 7) is 6.50. The number of anilines is 1. The first-order valence-corrected chi connectivity index (χ1v) is 8.33. The lowest BCUT2D eigenvalue weighted by molar-refractivity contribution is 0.00385. The molecule has 0 bridgehead atoms. The molecule has 1 spiro atoms. The van der Waals surface area contributed by atoms with Gasteiger partial charge in [0.2, 0.25) is 0 Å². The maximum absolute atomic E-state index is 12.4. The van der Waals surface area contributed by atoms with Crippen molar-refractivity contribution in [2.75, 3.05) is 12.3 Å². The number of carbonyl (C=O) groups excluding carboxylic acids is 1. The summed E-state index contributed by atoms with van der Waals surface area (Å²) >= 11 is 1.57. The van der Waals surface area contributed by atoms with Crippen LogP contribution in [0.3, 0.4) is 0 Å². The van der Waals surface area contributed by atoms with Crippen LogP contribution < -0.4 is 5.73 Å². The number of hydrogen-bond acceptors (Lipinski definition) is 5. The summed E-state index contributed by atoms with van der Waals surface area (Å²) < 4.78 is 5.56. The fourth-order valence-electron chi connectivity index (χ4n) is 3.15. The van der Waals surface area contributed by atoms with Gasteiger partial charge in [-0.3, -0.25) is 0 Å². The smallest absolute Gasteiger partial charge is 0.410 e. The molecule has 6 heteroatoms. The number of rotatable bonds is 1. The standard InChI is InChI=1S/C15H23N3O2S/c1-14(2,3)20-13(19)18-7-4-10(8-15(18)5-6-15)11-9-17-12(16)21-11/h9-10H,4-8H2,1-3H3,(H2,16,17). The zero-order chi connectivity index (χ0) is 15.3. The van der Waals surface area contributed by atoms with E-state index in [0.717, 1.165) is 32.2 Å². The number of piperidine rings is 1. The average molecular weight is 309 g/mol. The highest BCUT2D eigenvalue weighted by molar-refractivity contribution is 7.15. The first kappa shape index (κ1) is 14.6. The molecule has 5 nitrogen and oxygen atoms in total. The second-order valence-corrected chi connectivity index (χ2v) is 8.24. The van der Waals surface area contributed by atoms with Crippen molar-refractivity contribution in [2.45, 2.75) is 63.5 Å². The molecule has 2 fully saturated rings. The van der Waals surface area contributed by atoms with E-state index in [2.05, 4.69) is 4.98 Å². The second kappa shape index (κ2) is 4.87. The molecule has 0 radical (unpaired) electrons. The molecule has 2 heterocycles. The summed E-state index contributed by atoms with van der Waals surface area (Å²) in [4.78, 5) is 19.8. The summed E-state index contributed by atoms with van der Waals surface area (Å²) in [7, 11) is 0. The van der Waals surface area contributed by atoms with Gasteiger partial charge < -0.3 is 15.4 Å². The Bertz CT molecular complexity index is 545. The van der Waals surface area contributed by atoms with Crippen LogP contribution in [0.1, 0.15) is 57.2 Å². The van der Waals surface area contributed by atoms with E-state index in [1.165, 1.54) is 4.88 Å². The van der Waals surface area contributed by atoms with Crippen LogP contribution in [0.25, 0.3) is 0 Å². The Morgan fingerprint density at radius 3 is 2.76 bits per heavy atom. The molecule has 1 amide bonds. The van der Waals surface area contributed by atoms with Gasteiger partial charge in [0.05, 0.1) is 0 Å².